The zero-order valence-corrected chi connectivity index (χ0v) is 17.9. The van der Waals surface area contributed by atoms with Crippen LogP contribution in [0.1, 0.15) is 16.2 Å². The molecule has 10 nitrogen and oxygen atoms in total. The topological polar surface area (TPSA) is 138 Å². The first-order valence-electron chi connectivity index (χ1n) is 9.90. The summed E-state index contributed by atoms with van der Waals surface area (Å²) in [5.74, 6) is -0.0785. The Bertz CT molecular complexity index is 1340. The molecule has 1 unspecified atom stereocenters. The molecule has 0 saturated carbocycles. The Morgan fingerprint density at radius 2 is 2.27 bits per heavy atom. The molecule has 166 valence electrons. The highest BCUT2D eigenvalue weighted by molar-refractivity contribution is 7.11. The van der Waals surface area contributed by atoms with Crippen LogP contribution in [0.4, 0.5) is 15.9 Å². The first kappa shape index (κ1) is 20.7. The summed E-state index contributed by atoms with van der Waals surface area (Å²) in [6, 6.07) is 3.42. The third-order valence-electron chi connectivity index (χ3n) is 4.93. The zero-order chi connectivity index (χ0) is 22.8. The van der Waals surface area contributed by atoms with Crippen LogP contribution in [-0.2, 0) is 6.54 Å². The number of halogens is 1. The lowest BCUT2D eigenvalue weighted by atomic mass is 10.0. The summed E-state index contributed by atoms with van der Waals surface area (Å²) in [5, 5.41) is 13.2. The number of alkyl halides is 1. The van der Waals surface area contributed by atoms with Gasteiger partial charge in [0.1, 0.15) is 29.5 Å². The fraction of sp³-hybridized carbons (Fsp3) is 0.143. The third kappa shape index (κ3) is 4.28. The van der Waals surface area contributed by atoms with Crippen LogP contribution in [0.25, 0.3) is 22.9 Å². The molecule has 4 aromatic rings. The summed E-state index contributed by atoms with van der Waals surface area (Å²) >= 11 is 1.21. The number of nitrogens with zero attached hydrogens (tertiary/aromatic N) is 6. The lowest BCUT2D eigenvalue weighted by Crippen LogP contribution is -2.15. The van der Waals surface area contributed by atoms with Crippen LogP contribution < -0.4 is 11.1 Å². The third-order valence-corrected chi connectivity index (χ3v) is 5.70. The Morgan fingerprint density at radius 1 is 1.36 bits per heavy atom. The van der Waals surface area contributed by atoms with Gasteiger partial charge in [0.25, 0.3) is 5.91 Å². The molecule has 5 rings (SSSR count). The standard InChI is InChI=1S/C21H17FN8O2S/c22-13-4-2-1-3-12(13)11-30-17(14-5-7-32-29-14)9-15(28-30)19-25-10-16(18(23)27-19)26-20(31)21-24-6-8-33-21/h1-3,5-10,13H,4,11H2,(H,26,31)(H2,23,25,27). The normalized spacial score (nSPS) is 15.4. The maximum Gasteiger partial charge on any atom is 0.284 e. The van der Waals surface area contributed by atoms with Crippen LogP contribution in [0, 0.1) is 0 Å². The Morgan fingerprint density at radius 3 is 3.00 bits per heavy atom. The van der Waals surface area contributed by atoms with Gasteiger partial charge in [-0.1, -0.05) is 23.4 Å². The van der Waals surface area contributed by atoms with Crippen LogP contribution in [0.15, 0.2) is 64.5 Å². The monoisotopic (exact) mass is 464 g/mol. The highest BCUT2D eigenvalue weighted by Gasteiger charge is 2.21. The quantitative estimate of drug-likeness (QED) is 0.442. The molecule has 1 aliphatic carbocycles. The molecule has 0 aromatic carbocycles. The molecule has 4 aromatic heterocycles. The fourth-order valence-electron chi connectivity index (χ4n) is 3.29. The number of aromatic nitrogens is 6. The molecular formula is C21H17FN8O2S. The molecule has 4 heterocycles. The summed E-state index contributed by atoms with van der Waals surface area (Å²) < 4.78 is 21.0. The van der Waals surface area contributed by atoms with Gasteiger partial charge in [-0.05, 0) is 11.6 Å². The SMILES string of the molecule is Nc1nc(-c2cc(-c3ccon3)n(CC3=CC=CCC3F)n2)ncc1NC(=O)c1nccs1. The van der Waals surface area contributed by atoms with Gasteiger partial charge in [0.05, 0.1) is 18.4 Å². The van der Waals surface area contributed by atoms with Crippen LogP contribution in [0.5, 0.6) is 0 Å². The van der Waals surface area contributed by atoms with Gasteiger partial charge >= 0.3 is 0 Å². The molecule has 0 spiro atoms. The number of amides is 1. The molecule has 1 aliphatic rings. The van der Waals surface area contributed by atoms with E-state index in [0.29, 0.717) is 34.1 Å². The first-order chi connectivity index (χ1) is 16.1. The molecule has 0 saturated heterocycles. The zero-order valence-electron chi connectivity index (χ0n) is 17.1. The van der Waals surface area contributed by atoms with Gasteiger partial charge in [0, 0.05) is 24.1 Å². The van der Waals surface area contributed by atoms with Crippen LogP contribution >= 0.6 is 11.3 Å². The number of allylic oxidation sites excluding steroid dienone is 4. The average Bonchev–Trinajstić information content (AvgIpc) is 3.58. The van der Waals surface area contributed by atoms with Crippen molar-refractivity contribution in [3.8, 4) is 22.9 Å². The summed E-state index contributed by atoms with van der Waals surface area (Å²) in [6.45, 7) is 0.227. The second-order valence-corrected chi connectivity index (χ2v) is 8.01. The van der Waals surface area contributed by atoms with Crippen molar-refractivity contribution in [3.05, 3.63) is 65.0 Å². The van der Waals surface area contributed by atoms with E-state index in [1.165, 1.54) is 30.0 Å². The minimum absolute atomic E-state index is 0.0754. The fourth-order valence-corrected chi connectivity index (χ4v) is 3.82. The minimum atomic E-state index is -1.08. The number of nitrogens with two attached hydrogens (primary N) is 1. The van der Waals surface area contributed by atoms with Crippen molar-refractivity contribution < 1.29 is 13.7 Å². The van der Waals surface area contributed by atoms with E-state index in [9.17, 15) is 9.18 Å². The van der Waals surface area contributed by atoms with Gasteiger partial charge in [-0.25, -0.2) is 19.3 Å². The number of hydrogen-bond acceptors (Lipinski definition) is 9. The molecule has 1 atom stereocenters. The maximum absolute atomic E-state index is 14.4. The van der Waals surface area contributed by atoms with Gasteiger partial charge in [0.15, 0.2) is 16.6 Å². The lowest BCUT2D eigenvalue weighted by molar-refractivity contribution is 0.102. The second kappa shape index (κ2) is 8.74. The minimum Gasteiger partial charge on any atom is -0.382 e. The maximum atomic E-state index is 14.4. The predicted molar refractivity (Wildman–Crippen MR) is 120 cm³/mol. The molecule has 33 heavy (non-hydrogen) atoms. The number of hydrogen-bond donors (Lipinski definition) is 2. The average molecular weight is 464 g/mol. The van der Waals surface area contributed by atoms with Crippen molar-refractivity contribution >= 4 is 28.7 Å². The molecule has 0 aliphatic heterocycles. The van der Waals surface area contributed by atoms with Gasteiger partial charge in [-0.3, -0.25) is 9.48 Å². The van der Waals surface area contributed by atoms with Crippen LogP contribution in [0.3, 0.4) is 0 Å². The Kier molecular flexibility index (Phi) is 5.48. The van der Waals surface area contributed by atoms with E-state index in [0.717, 1.165) is 0 Å². The van der Waals surface area contributed by atoms with E-state index in [4.69, 9.17) is 10.3 Å². The van der Waals surface area contributed by atoms with E-state index >= 15 is 0 Å². The summed E-state index contributed by atoms with van der Waals surface area (Å²) in [4.78, 5) is 24.8. The smallest absolute Gasteiger partial charge is 0.284 e. The molecular weight excluding hydrogens is 447 g/mol. The molecule has 1 amide bonds. The molecule has 12 heteroatoms. The number of rotatable bonds is 6. The Balaban J connectivity index is 1.45. The summed E-state index contributed by atoms with van der Waals surface area (Å²) in [6.07, 6.45) is 8.99. The van der Waals surface area contributed by atoms with Crippen molar-refractivity contribution in [2.24, 2.45) is 0 Å². The van der Waals surface area contributed by atoms with Crippen LogP contribution in [0.2, 0.25) is 0 Å². The van der Waals surface area contributed by atoms with E-state index in [1.54, 1.807) is 34.3 Å². The van der Waals surface area contributed by atoms with Crippen LogP contribution in [-0.4, -0.2) is 42.0 Å². The van der Waals surface area contributed by atoms with Crippen molar-refractivity contribution in [2.75, 3.05) is 11.1 Å². The number of anilines is 2. The highest BCUT2D eigenvalue weighted by atomic mass is 32.1. The van der Waals surface area contributed by atoms with Gasteiger partial charge < -0.3 is 15.6 Å². The molecule has 3 N–H and O–H groups in total. The number of thiazole rings is 1. The summed E-state index contributed by atoms with van der Waals surface area (Å²) in [7, 11) is 0. The Hall–Kier alpha value is -4.19. The summed E-state index contributed by atoms with van der Waals surface area (Å²) in [5.41, 5.74) is 8.48. The largest absolute Gasteiger partial charge is 0.382 e. The lowest BCUT2D eigenvalue weighted by Gasteiger charge is -2.15. The van der Waals surface area contributed by atoms with Gasteiger partial charge in [-0.2, -0.15) is 5.10 Å². The van der Waals surface area contributed by atoms with Gasteiger partial charge in [-0.15, -0.1) is 11.3 Å². The predicted octanol–water partition coefficient (Wildman–Crippen LogP) is 3.51. The van der Waals surface area contributed by atoms with E-state index in [1.807, 2.05) is 6.08 Å². The number of nitrogen functional groups attached to an aromatic ring is 1. The number of carbonyl (C=O) groups excluding carboxylic acids is 1. The number of carbonyl (C=O) groups is 1. The van der Waals surface area contributed by atoms with Gasteiger partial charge in [0.2, 0.25) is 0 Å². The number of nitrogens with one attached hydrogen (secondary N) is 1. The van der Waals surface area contributed by atoms with Crippen molar-refractivity contribution in [1.29, 1.82) is 0 Å². The van der Waals surface area contributed by atoms with E-state index in [-0.39, 0.29) is 23.9 Å². The Labute approximate surface area is 190 Å². The van der Waals surface area contributed by atoms with Crippen molar-refractivity contribution in [2.45, 2.75) is 19.1 Å². The molecule has 0 radical (unpaired) electrons. The first-order valence-corrected chi connectivity index (χ1v) is 10.8. The molecule has 0 fully saturated rings. The van der Waals surface area contributed by atoms with Crippen molar-refractivity contribution in [3.63, 3.8) is 0 Å². The highest BCUT2D eigenvalue weighted by Crippen LogP contribution is 2.28. The second-order valence-electron chi connectivity index (χ2n) is 7.11. The molecule has 0 bridgehead atoms. The van der Waals surface area contributed by atoms with E-state index in [2.05, 4.69) is 30.5 Å². The van der Waals surface area contributed by atoms with E-state index < -0.39 is 12.1 Å². The van der Waals surface area contributed by atoms with Crippen molar-refractivity contribution in [1.82, 2.24) is 29.9 Å².